The van der Waals surface area contributed by atoms with E-state index < -0.39 is 0 Å². The van der Waals surface area contributed by atoms with E-state index in [4.69, 9.17) is 5.73 Å². The van der Waals surface area contributed by atoms with E-state index in [1.54, 1.807) is 0 Å². The minimum Gasteiger partial charge on any atom is -0.340 e. The predicted octanol–water partition coefficient (Wildman–Crippen LogP) is 2.02. The van der Waals surface area contributed by atoms with Gasteiger partial charge in [0.15, 0.2) is 0 Å². The van der Waals surface area contributed by atoms with Gasteiger partial charge in [0, 0.05) is 31.4 Å². The number of hydrogen-bond acceptors (Lipinski definition) is 2. The van der Waals surface area contributed by atoms with Gasteiger partial charge in [-0.15, -0.1) is 0 Å². The Labute approximate surface area is 119 Å². The molecule has 3 aliphatic rings. The van der Waals surface area contributed by atoms with Crippen molar-refractivity contribution in [2.75, 3.05) is 13.1 Å². The van der Waals surface area contributed by atoms with Crippen LogP contribution in [0.2, 0.25) is 0 Å². The lowest BCUT2D eigenvalue weighted by Gasteiger charge is -2.27. The van der Waals surface area contributed by atoms with Crippen molar-refractivity contribution < 1.29 is 4.79 Å². The molecule has 2 N–H and O–H groups in total. The largest absolute Gasteiger partial charge is 0.340 e. The molecule has 2 aliphatic carbocycles. The minimum absolute atomic E-state index is 0.227. The van der Waals surface area contributed by atoms with Crippen molar-refractivity contribution >= 4 is 5.91 Å². The number of rotatable bonds is 2. The number of amides is 1. The predicted molar refractivity (Wildman–Crippen MR) is 77.4 cm³/mol. The summed E-state index contributed by atoms with van der Waals surface area (Å²) in [6.45, 7) is 1.85. The van der Waals surface area contributed by atoms with Crippen molar-refractivity contribution in [2.24, 2.45) is 17.6 Å². The quantitative estimate of drug-likeness (QED) is 0.896. The Morgan fingerprint density at radius 2 is 1.95 bits per heavy atom. The monoisotopic (exact) mass is 273 g/mol. The van der Waals surface area contributed by atoms with Gasteiger partial charge in [-0.05, 0) is 56.1 Å². The van der Waals surface area contributed by atoms with E-state index in [9.17, 15) is 4.79 Å². The van der Waals surface area contributed by atoms with Crippen LogP contribution in [0.4, 0.5) is 0 Å². The van der Waals surface area contributed by atoms with Crippen LogP contribution in [0.3, 0.4) is 0 Å². The maximum absolute atomic E-state index is 12.8. The van der Waals surface area contributed by atoms with Crippen LogP contribution in [-0.2, 0) is 0 Å². The lowest BCUT2D eigenvalue weighted by Crippen LogP contribution is -2.32. The van der Waals surface area contributed by atoms with Crippen LogP contribution in [0.5, 0.6) is 0 Å². The molecule has 1 aliphatic heterocycles. The van der Waals surface area contributed by atoms with Crippen LogP contribution >= 0.6 is 0 Å². The number of aromatic nitrogens is 1. The third-order valence-electron chi connectivity index (χ3n) is 5.32. The molecule has 3 atom stereocenters. The van der Waals surface area contributed by atoms with E-state index in [0.29, 0.717) is 23.9 Å². The number of hydrogen-bond donors (Lipinski definition) is 1. The van der Waals surface area contributed by atoms with Crippen molar-refractivity contribution in [1.82, 2.24) is 9.47 Å². The maximum Gasteiger partial charge on any atom is 0.270 e. The van der Waals surface area contributed by atoms with E-state index >= 15 is 0 Å². The molecule has 1 aromatic rings. The van der Waals surface area contributed by atoms with E-state index in [-0.39, 0.29) is 5.91 Å². The number of fused-ring (bicyclic) bond motifs is 1. The second-order valence-electron chi connectivity index (χ2n) is 6.84. The van der Waals surface area contributed by atoms with E-state index in [1.165, 1.54) is 19.3 Å². The molecule has 4 rings (SSSR count). The highest BCUT2D eigenvalue weighted by Gasteiger charge is 2.39. The van der Waals surface area contributed by atoms with Gasteiger partial charge in [0.25, 0.3) is 5.91 Å². The fourth-order valence-corrected chi connectivity index (χ4v) is 4.04. The van der Waals surface area contributed by atoms with Gasteiger partial charge in [0.05, 0.1) is 0 Å². The highest BCUT2D eigenvalue weighted by atomic mass is 16.2. The third kappa shape index (κ3) is 2.06. The molecule has 1 unspecified atom stereocenters. The van der Waals surface area contributed by atoms with Crippen LogP contribution in [0.15, 0.2) is 18.3 Å². The Morgan fingerprint density at radius 3 is 2.75 bits per heavy atom. The molecular weight excluding hydrogens is 250 g/mol. The van der Waals surface area contributed by atoms with Crippen LogP contribution in [0.1, 0.15) is 48.6 Å². The SMILES string of the molecule is NC1CC[C@@H]2CN(C(=O)c3cccn3C3CC3)C[C@@H]2C1. The molecule has 1 amide bonds. The van der Waals surface area contributed by atoms with Gasteiger partial charge in [-0.1, -0.05) is 0 Å². The summed E-state index contributed by atoms with van der Waals surface area (Å²) in [5.74, 6) is 1.54. The number of nitrogens with two attached hydrogens (primary N) is 1. The Balaban J connectivity index is 1.50. The number of likely N-dealkylation sites (tertiary alicyclic amines) is 1. The van der Waals surface area contributed by atoms with Crippen molar-refractivity contribution in [1.29, 1.82) is 0 Å². The molecule has 2 heterocycles. The van der Waals surface area contributed by atoms with Gasteiger partial charge in [0.1, 0.15) is 5.69 Å². The van der Waals surface area contributed by atoms with E-state index in [1.807, 2.05) is 12.1 Å². The Hall–Kier alpha value is -1.29. The normalized spacial score (nSPS) is 33.2. The molecule has 108 valence electrons. The van der Waals surface area contributed by atoms with Crippen LogP contribution in [-0.4, -0.2) is 34.5 Å². The molecule has 2 saturated carbocycles. The van der Waals surface area contributed by atoms with Crippen LogP contribution < -0.4 is 5.73 Å². The average molecular weight is 273 g/mol. The average Bonchev–Trinajstić information content (AvgIpc) is 3.02. The van der Waals surface area contributed by atoms with Gasteiger partial charge in [-0.2, -0.15) is 0 Å². The molecule has 1 saturated heterocycles. The zero-order chi connectivity index (χ0) is 13.7. The summed E-state index contributed by atoms with van der Waals surface area (Å²) in [5.41, 5.74) is 6.96. The molecule has 20 heavy (non-hydrogen) atoms. The molecule has 0 spiro atoms. The van der Waals surface area contributed by atoms with E-state index in [0.717, 1.165) is 31.6 Å². The summed E-state index contributed by atoms with van der Waals surface area (Å²) in [6.07, 6.45) is 7.91. The summed E-state index contributed by atoms with van der Waals surface area (Å²) in [6, 6.07) is 4.91. The minimum atomic E-state index is 0.227. The zero-order valence-electron chi connectivity index (χ0n) is 11.9. The lowest BCUT2D eigenvalue weighted by atomic mass is 9.79. The summed E-state index contributed by atoms with van der Waals surface area (Å²) >= 11 is 0. The van der Waals surface area contributed by atoms with Gasteiger partial charge in [0.2, 0.25) is 0 Å². The number of nitrogens with zero attached hydrogens (tertiary/aromatic N) is 2. The van der Waals surface area contributed by atoms with Gasteiger partial charge < -0.3 is 15.2 Å². The molecule has 0 bridgehead atoms. The van der Waals surface area contributed by atoms with Crippen molar-refractivity contribution in [3.63, 3.8) is 0 Å². The highest BCUT2D eigenvalue weighted by Crippen LogP contribution is 2.38. The number of carbonyl (C=O) groups excluding carboxylic acids is 1. The van der Waals surface area contributed by atoms with Gasteiger partial charge in [-0.3, -0.25) is 4.79 Å². The third-order valence-corrected chi connectivity index (χ3v) is 5.32. The second-order valence-corrected chi connectivity index (χ2v) is 6.84. The Bertz CT molecular complexity index is 520. The smallest absolute Gasteiger partial charge is 0.270 e. The summed E-state index contributed by atoms with van der Waals surface area (Å²) in [5, 5.41) is 0. The van der Waals surface area contributed by atoms with Crippen molar-refractivity contribution in [3.8, 4) is 0 Å². The molecule has 0 aromatic carbocycles. The summed E-state index contributed by atoms with van der Waals surface area (Å²) in [4.78, 5) is 14.8. The van der Waals surface area contributed by atoms with Crippen molar-refractivity contribution in [2.45, 2.75) is 44.2 Å². The Morgan fingerprint density at radius 1 is 1.15 bits per heavy atom. The first kappa shape index (κ1) is 12.5. The fourth-order valence-electron chi connectivity index (χ4n) is 4.04. The lowest BCUT2D eigenvalue weighted by molar-refractivity contribution is 0.0773. The molecule has 1 aromatic heterocycles. The molecule has 0 radical (unpaired) electrons. The number of carbonyl (C=O) groups is 1. The van der Waals surface area contributed by atoms with Crippen LogP contribution in [0, 0.1) is 11.8 Å². The molecule has 4 nitrogen and oxygen atoms in total. The van der Waals surface area contributed by atoms with Crippen molar-refractivity contribution in [3.05, 3.63) is 24.0 Å². The second kappa shape index (κ2) is 4.62. The van der Waals surface area contributed by atoms with E-state index in [2.05, 4.69) is 15.7 Å². The standard InChI is InChI=1S/C16H23N3O/c17-13-4-3-11-9-18(10-12(11)8-13)16(20)15-2-1-7-19(15)14-5-6-14/h1-2,7,11-14H,3-6,8-10,17H2/t11-,12+,13?/m1/s1. The first-order chi connectivity index (χ1) is 9.72. The van der Waals surface area contributed by atoms with Gasteiger partial charge >= 0.3 is 0 Å². The fraction of sp³-hybridized carbons (Fsp3) is 0.688. The Kier molecular flexibility index (Phi) is 2.88. The molecule has 4 heteroatoms. The molecular formula is C16H23N3O. The first-order valence-electron chi connectivity index (χ1n) is 7.94. The first-order valence-corrected chi connectivity index (χ1v) is 7.94. The maximum atomic E-state index is 12.8. The highest BCUT2D eigenvalue weighted by molar-refractivity contribution is 5.93. The topological polar surface area (TPSA) is 51.3 Å². The zero-order valence-corrected chi connectivity index (χ0v) is 11.9. The van der Waals surface area contributed by atoms with Gasteiger partial charge in [-0.25, -0.2) is 0 Å². The summed E-state index contributed by atoms with van der Waals surface area (Å²) < 4.78 is 2.18. The summed E-state index contributed by atoms with van der Waals surface area (Å²) in [7, 11) is 0. The van der Waals surface area contributed by atoms with Crippen LogP contribution in [0.25, 0.3) is 0 Å². The molecule has 3 fully saturated rings.